The molecule has 0 bridgehead atoms. The summed E-state index contributed by atoms with van der Waals surface area (Å²) in [5.74, 6) is 0. The average molecular weight is 392 g/mol. The maximum atomic E-state index is 3.70. The fourth-order valence-corrected chi connectivity index (χ4v) is 4.66. The van der Waals surface area contributed by atoms with E-state index in [9.17, 15) is 0 Å². The Morgan fingerprint density at radius 3 is 2.37 bits per heavy atom. The molecule has 19 heavy (non-hydrogen) atoms. The molecule has 0 unspecified atom stereocenters. The van der Waals surface area contributed by atoms with Gasteiger partial charge in [-0.15, -0.1) is 11.3 Å². The fraction of sp³-hybridized carbons (Fsp3) is 0. The molecule has 3 aromatic carbocycles. The number of thiophene rings is 1. The summed E-state index contributed by atoms with van der Waals surface area (Å²) in [6, 6.07) is 17.3. The van der Waals surface area contributed by atoms with Crippen LogP contribution in [-0.4, -0.2) is 0 Å². The van der Waals surface area contributed by atoms with Crippen LogP contribution in [0.3, 0.4) is 0 Å². The number of benzene rings is 3. The summed E-state index contributed by atoms with van der Waals surface area (Å²) in [4.78, 5) is 0. The van der Waals surface area contributed by atoms with E-state index < -0.39 is 0 Å². The summed E-state index contributed by atoms with van der Waals surface area (Å²) >= 11 is 9.13. The Morgan fingerprint density at radius 1 is 0.737 bits per heavy atom. The van der Waals surface area contributed by atoms with Gasteiger partial charge in [0.05, 0.1) is 0 Å². The van der Waals surface area contributed by atoms with Crippen LogP contribution in [0.1, 0.15) is 0 Å². The number of rotatable bonds is 0. The van der Waals surface area contributed by atoms with Gasteiger partial charge in [0.15, 0.2) is 0 Å². The minimum Gasteiger partial charge on any atom is -0.135 e. The van der Waals surface area contributed by atoms with Gasteiger partial charge in [0.2, 0.25) is 0 Å². The molecule has 0 aliphatic carbocycles. The van der Waals surface area contributed by atoms with E-state index >= 15 is 0 Å². The van der Waals surface area contributed by atoms with E-state index in [1.807, 2.05) is 11.3 Å². The maximum Gasteiger partial charge on any atom is 0.0434 e. The van der Waals surface area contributed by atoms with E-state index in [2.05, 4.69) is 80.4 Å². The second kappa shape index (κ2) is 4.30. The van der Waals surface area contributed by atoms with Crippen molar-refractivity contribution in [2.45, 2.75) is 0 Å². The SMILES string of the molecule is Brc1ccc2sc3c4ccccc4c(Br)cc3c2c1. The van der Waals surface area contributed by atoms with Crippen LogP contribution in [0.25, 0.3) is 30.9 Å². The molecule has 0 radical (unpaired) electrons. The summed E-state index contributed by atoms with van der Waals surface area (Å²) in [7, 11) is 0. The number of fused-ring (bicyclic) bond motifs is 5. The molecule has 0 saturated heterocycles. The van der Waals surface area contributed by atoms with Crippen LogP contribution in [0.5, 0.6) is 0 Å². The first-order valence-corrected chi connectivity index (χ1v) is 8.33. The molecule has 0 spiro atoms. The standard InChI is InChI=1S/C16H8Br2S/c17-9-5-6-15-12(7-9)13-8-14(18)10-3-1-2-4-11(10)16(13)19-15/h1-8H. The van der Waals surface area contributed by atoms with Crippen molar-refractivity contribution in [1.29, 1.82) is 0 Å². The number of halogens is 2. The molecule has 0 amide bonds. The van der Waals surface area contributed by atoms with Crippen molar-refractivity contribution in [2.24, 2.45) is 0 Å². The van der Waals surface area contributed by atoms with Gasteiger partial charge in [0.25, 0.3) is 0 Å². The normalized spacial score (nSPS) is 11.7. The van der Waals surface area contributed by atoms with E-state index in [1.165, 1.54) is 30.9 Å². The molecule has 0 fully saturated rings. The second-order valence-electron chi connectivity index (χ2n) is 4.52. The minimum absolute atomic E-state index is 1.13. The summed E-state index contributed by atoms with van der Waals surface area (Å²) in [5.41, 5.74) is 0. The van der Waals surface area contributed by atoms with Crippen LogP contribution in [0, 0.1) is 0 Å². The third-order valence-electron chi connectivity index (χ3n) is 3.39. The smallest absolute Gasteiger partial charge is 0.0434 e. The van der Waals surface area contributed by atoms with Crippen molar-refractivity contribution in [2.75, 3.05) is 0 Å². The minimum atomic E-state index is 1.13. The lowest BCUT2D eigenvalue weighted by atomic mass is 10.1. The number of hydrogen-bond acceptors (Lipinski definition) is 1. The largest absolute Gasteiger partial charge is 0.135 e. The molecular formula is C16H8Br2S. The Kier molecular flexibility index (Phi) is 2.69. The average Bonchev–Trinajstić information content (AvgIpc) is 2.78. The van der Waals surface area contributed by atoms with Gasteiger partial charge in [0.1, 0.15) is 0 Å². The van der Waals surface area contributed by atoms with Crippen LogP contribution < -0.4 is 0 Å². The third kappa shape index (κ3) is 1.76. The first-order valence-electron chi connectivity index (χ1n) is 5.93. The summed E-state index contributed by atoms with van der Waals surface area (Å²) < 4.78 is 4.99. The molecule has 0 N–H and O–H groups in total. The van der Waals surface area contributed by atoms with Gasteiger partial charge in [-0.2, -0.15) is 0 Å². The Bertz CT molecular complexity index is 938. The van der Waals surface area contributed by atoms with Gasteiger partial charge in [-0.25, -0.2) is 0 Å². The molecule has 0 aliphatic heterocycles. The molecule has 3 heteroatoms. The van der Waals surface area contributed by atoms with E-state index in [1.54, 1.807) is 0 Å². The Labute approximate surface area is 131 Å². The number of hydrogen-bond donors (Lipinski definition) is 0. The molecule has 1 aromatic heterocycles. The topological polar surface area (TPSA) is 0 Å². The molecule has 4 aromatic rings. The first-order chi connectivity index (χ1) is 9.24. The van der Waals surface area contributed by atoms with Crippen LogP contribution >= 0.6 is 43.2 Å². The van der Waals surface area contributed by atoms with Crippen LogP contribution in [0.15, 0.2) is 57.5 Å². The zero-order valence-electron chi connectivity index (χ0n) is 9.78. The highest BCUT2D eigenvalue weighted by atomic mass is 79.9. The Morgan fingerprint density at radius 2 is 1.53 bits per heavy atom. The molecule has 0 atom stereocenters. The van der Waals surface area contributed by atoms with Gasteiger partial charge in [-0.3, -0.25) is 0 Å². The monoisotopic (exact) mass is 390 g/mol. The summed E-state index contributed by atoms with van der Waals surface area (Å²) in [6.45, 7) is 0. The van der Waals surface area contributed by atoms with Gasteiger partial charge in [-0.1, -0.05) is 56.1 Å². The molecule has 0 aliphatic rings. The van der Waals surface area contributed by atoms with Crippen molar-refractivity contribution in [3.63, 3.8) is 0 Å². The molecule has 92 valence electrons. The van der Waals surface area contributed by atoms with Crippen molar-refractivity contribution in [1.82, 2.24) is 0 Å². The fourth-order valence-electron chi connectivity index (χ4n) is 2.53. The predicted molar refractivity (Wildman–Crippen MR) is 92.2 cm³/mol. The molecule has 4 rings (SSSR count). The Balaban J connectivity index is 2.32. The lowest BCUT2D eigenvalue weighted by molar-refractivity contribution is 1.76. The van der Waals surface area contributed by atoms with Gasteiger partial charge >= 0.3 is 0 Å². The maximum absolute atomic E-state index is 3.70. The lowest BCUT2D eigenvalue weighted by Crippen LogP contribution is -1.75. The van der Waals surface area contributed by atoms with Crippen LogP contribution in [-0.2, 0) is 0 Å². The van der Waals surface area contributed by atoms with Crippen molar-refractivity contribution in [3.8, 4) is 0 Å². The van der Waals surface area contributed by atoms with Crippen LogP contribution in [0.4, 0.5) is 0 Å². The van der Waals surface area contributed by atoms with Crippen molar-refractivity contribution < 1.29 is 0 Å². The lowest BCUT2D eigenvalue weighted by Gasteiger charge is -2.02. The zero-order chi connectivity index (χ0) is 13.0. The molecule has 1 heterocycles. The first kappa shape index (κ1) is 11.9. The molecular weight excluding hydrogens is 384 g/mol. The van der Waals surface area contributed by atoms with Gasteiger partial charge in [0, 0.05) is 34.5 Å². The van der Waals surface area contributed by atoms with Crippen molar-refractivity contribution in [3.05, 3.63) is 57.5 Å². The summed E-state index contributed by atoms with van der Waals surface area (Å²) in [6.07, 6.45) is 0. The quantitative estimate of drug-likeness (QED) is 0.311. The van der Waals surface area contributed by atoms with Crippen molar-refractivity contribution >= 4 is 74.1 Å². The highest BCUT2D eigenvalue weighted by Gasteiger charge is 2.10. The van der Waals surface area contributed by atoms with Crippen LogP contribution in [0.2, 0.25) is 0 Å². The van der Waals surface area contributed by atoms with E-state index in [4.69, 9.17) is 0 Å². The molecule has 0 saturated carbocycles. The van der Waals surface area contributed by atoms with E-state index in [0.717, 1.165) is 8.95 Å². The van der Waals surface area contributed by atoms with Gasteiger partial charge in [-0.05, 0) is 29.7 Å². The highest BCUT2D eigenvalue weighted by Crippen LogP contribution is 2.41. The highest BCUT2D eigenvalue weighted by molar-refractivity contribution is 9.11. The predicted octanol–water partition coefficient (Wildman–Crippen LogP) is 6.73. The zero-order valence-corrected chi connectivity index (χ0v) is 13.8. The van der Waals surface area contributed by atoms with E-state index in [0.29, 0.717) is 0 Å². The summed E-state index contributed by atoms with van der Waals surface area (Å²) in [5, 5.41) is 5.25. The van der Waals surface area contributed by atoms with Gasteiger partial charge < -0.3 is 0 Å². The third-order valence-corrected chi connectivity index (χ3v) is 5.76. The second-order valence-corrected chi connectivity index (χ2v) is 7.35. The Hall–Kier alpha value is -0.900. The van der Waals surface area contributed by atoms with E-state index in [-0.39, 0.29) is 0 Å². The molecule has 0 nitrogen and oxygen atoms in total.